The zero-order chi connectivity index (χ0) is 11.1. The highest BCUT2D eigenvalue weighted by molar-refractivity contribution is 5.04. The molecular formula is C11H21N3O. The van der Waals surface area contributed by atoms with Gasteiger partial charge in [-0.3, -0.25) is 0 Å². The minimum Gasteiger partial charge on any atom is -0.385 e. The Hall–Kier alpha value is -0.870. The van der Waals surface area contributed by atoms with Gasteiger partial charge in [-0.2, -0.15) is 0 Å². The second-order valence-electron chi connectivity index (χ2n) is 3.67. The molecule has 86 valence electrons. The molecular weight excluding hydrogens is 190 g/mol. The summed E-state index contributed by atoms with van der Waals surface area (Å²) in [5, 5.41) is 3.47. The molecule has 1 atom stereocenters. The Morgan fingerprint density at radius 1 is 1.60 bits per heavy atom. The highest BCUT2D eigenvalue weighted by Crippen LogP contribution is 2.17. The molecule has 0 fully saturated rings. The third-order valence-corrected chi connectivity index (χ3v) is 2.50. The standard InChI is InChI=1S/C11H21N3O/c1-4-13-10(6-5-7-15-3)11-8-12-9-14(11)2/h8-10,13H,4-7H2,1-3H3. The van der Waals surface area contributed by atoms with Crippen molar-refractivity contribution >= 4 is 0 Å². The van der Waals surface area contributed by atoms with Crippen LogP contribution in [0.25, 0.3) is 0 Å². The summed E-state index contributed by atoms with van der Waals surface area (Å²) in [6.07, 6.45) is 5.93. The minimum absolute atomic E-state index is 0.387. The molecule has 0 spiro atoms. The fourth-order valence-electron chi connectivity index (χ4n) is 1.74. The van der Waals surface area contributed by atoms with Crippen LogP contribution < -0.4 is 5.32 Å². The Morgan fingerprint density at radius 3 is 2.93 bits per heavy atom. The molecule has 0 saturated heterocycles. The van der Waals surface area contributed by atoms with Crippen molar-refractivity contribution in [1.82, 2.24) is 14.9 Å². The molecule has 0 radical (unpaired) electrons. The van der Waals surface area contributed by atoms with Crippen molar-refractivity contribution in [2.45, 2.75) is 25.8 Å². The zero-order valence-corrected chi connectivity index (χ0v) is 9.86. The molecule has 0 aromatic carbocycles. The highest BCUT2D eigenvalue weighted by Gasteiger charge is 2.12. The number of ether oxygens (including phenoxy) is 1. The molecule has 0 aliphatic heterocycles. The van der Waals surface area contributed by atoms with Crippen LogP contribution >= 0.6 is 0 Å². The average Bonchev–Trinajstić information content (AvgIpc) is 2.64. The lowest BCUT2D eigenvalue weighted by Crippen LogP contribution is -2.23. The number of hydrogen-bond donors (Lipinski definition) is 1. The van der Waals surface area contributed by atoms with Crippen molar-refractivity contribution in [2.24, 2.45) is 7.05 Å². The van der Waals surface area contributed by atoms with Crippen LogP contribution in [0.1, 0.15) is 31.5 Å². The molecule has 0 amide bonds. The lowest BCUT2D eigenvalue weighted by molar-refractivity contribution is 0.188. The van der Waals surface area contributed by atoms with E-state index >= 15 is 0 Å². The first-order chi connectivity index (χ1) is 7.29. The molecule has 1 rings (SSSR count). The largest absolute Gasteiger partial charge is 0.385 e. The molecule has 0 aliphatic rings. The van der Waals surface area contributed by atoms with Gasteiger partial charge in [0.05, 0.1) is 12.0 Å². The van der Waals surface area contributed by atoms with E-state index in [1.807, 2.05) is 19.6 Å². The highest BCUT2D eigenvalue weighted by atomic mass is 16.5. The van der Waals surface area contributed by atoms with Gasteiger partial charge in [-0.25, -0.2) is 4.98 Å². The maximum Gasteiger partial charge on any atom is 0.0946 e. The van der Waals surface area contributed by atoms with Crippen molar-refractivity contribution in [3.63, 3.8) is 0 Å². The number of aryl methyl sites for hydroxylation is 1. The third kappa shape index (κ3) is 3.64. The smallest absolute Gasteiger partial charge is 0.0946 e. The fraction of sp³-hybridized carbons (Fsp3) is 0.727. The van der Waals surface area contributed by atoms with E-state index in [4.69, 9.17) is 4.74 Å². The Bertz CT molecular complexity index is 273. The summed E-state index contributed by atoms with van der Waals surface area (Å²) in [5.74, 6) is 0. The second kappa shape index (κ2) is 6.58. The van der Waals surface area contributed by atoms with Gasteiger partial charge in [-0.15, -0.1) is 0 Å². The maximum absolute atomic E-state index is 5.07. The van der Waals surface area contributed by atoms with Crippen LogP contribution in [0.3, 0.4) is 0 Å². The van der Waals surface area contributed by atoms with Gasteiger partial charge in [0.15, 0.2) is 0 Å². The number of aromatic nitrogens is 2. The van der Waals surface area contributed by atoms with Crippen LogP contribution in [0.5, 0.6) is 0 Å². The number of nitrogens with zero attached hydrogens (tertiary/aromatic N) is 2. The zero-order valence-electron chi connectivity index (χ0n) is 9.86. The van der Waals surface area contributed by atoms with Crippen LogP contribution in [0, 0.1) is 0 Å². The molecule has 4 heteroatoms. The molecule has 0 aliphatic carbocycles. The number of methoxy groups -OCH3 is 1. The summed E-state index contributed by atoms with van der Waals surface area (Å²) >= 11 is 0. The minimum atomic E-state index is 0.387. The molecule has 1 unspecified atom stereocenters. The van der Waals surface area contributed by atoms with Gasteiger partial charge in [-0.1, -0.05) is 6.92 Å². The van der Waals surface area contributed by atoms with Gasteiger partial charge in [0, 0.05) is 33.0 Å². The maximum atomic E-state index is 5.07. The van der Waals surface area contributed by atoms with Crippen molar-refractivity contribution in [3.8, 4) is 0 Å². The van der Waals surface area contributed by atoms with Gasteiger partial charge in [0.25, 0.3) is 0 Å². The van der Waals surface area contributed by atoms with Crippen LogP contribution in [-0.4, -0.2) is 29.8 Å². The average molecular weight is 211 g/mol. The number of rotatable bonds is 7. The molecule has 1 heterocycles. The molecule has 1 N–H and O–H groups in total. The quantitative estimate of drug-likeness (QED) is 0.695. The van der Waals surface area contributed by atoms with Gasteiger partial charge in [0.1, 0.15) is 0 Å². The molecule has 1 aromatic rings. The van der Waals surface area contributed by atoms with Gasteiger partial charge >= 0.3 is 0 Å². The van der Waals surface area contributed by atoms with Crippen LogP contribution in [0.15, 0.2) is 12.5 Å². The lowest BCUT2D eigenvalue weighted by Gasteiger charge is -2.17. The summed E-state index contributed by atoms with van der Waals surface area (Å²) in [4.78, 5) is 4.14. The number of hydrogen-bond acceptors (Lipinski definition) is 3. The van der Waals surface area contributed by atoms with E-state index in [-0.39, 0.29) is 0 Å². The predicted octanol–water partition coefficient (Wildman–Crippen LogP) is 1.50. The third-order valence-electron chi connectivity index (χ3n) is 2.50. The van der Waals surface area contributed by atoms with Crippen molar-refractivity contribution in [3.05, 3.63) is 18.2 Å². The van der Waals surface area contributed by atoms with E-state index in [1.165, 1.54) is 5.69 Å². The lowest BCUT2D eigenvalue weighted by atomic mass is 10.1. The van der Waals surface area contributed by atoms with E-state index in [9.17, 15) is 0 Å². The SMILES string of the molecule is CCNC(CCCOC)c1cncn1C. The summed E-state index contributed by atoms with van der Waals surface area (Å²) in [6.45, 7) is 3.92. The number of imidazole rings is 1. The van der Waals surface area contributed by atoms with Crippen LogP contribution in [0.2, 0.25) is 0 Å². The molecule has 1 aromatic heterocycles. The van der Waals surface area contributed by atoms with E-state index in [1.54, 1.807) is 7.11 Å². The first kappa shape index (κ1) is 12.2. The molecule has 4 nitrogen and oxygen atoms in total. The van der Waals surface area contributed by atoms with Gasteiger partial charge in [0.2, 0.25) is 0 Å². The van der Waals surface area contributed by atoms with Crippen molar-refractivity contribution < 1.29 is 4.74 Å². The van der Waals surface area contributed by atoms with E-state index in [0.29, 0.717) is 6.04 Å². The monoisotopic (exact) mass is 211 g/mol. The normalized spacial score (nSPS) is 13.0. The van der Waals surface area contributed by atoms with Crippen molar-refractivity contribution in [1.29, 1.82) is 0 Å². The Morgan fingerprint density at radius 2 is 2.40 bits per heavy atom. The summed E-state index contributed by atoms with van der Waals surface area (Å²) in [6, 6.07) is 0.387. The first-order valence-corrected chi connectivity index (χ1v) is 5.48. The predicted molar refractivity (Wildman–Crippen MR) is 60.7 cm³/mol. The fourth-order valence-corrected chi connectivity index (χ4v) is 1.74. The van der Waals surface area contributed by atoms with Crippen LogP contribution in [-0.2, 0) is 11.8 Å². The Balaban J connectivity index is 2.53. The van der Waals surface area contributed by atoms with Gasteiger partial charge in [-0.05, 0) is 19.4 Å². The second-order valence-corrected chi connectivity index (χ2v) is 3.67. The Labute approximate surface area is 91.7 Å². The summed E-state index contributed by atoms with van der Waals surface area (Å²) in [5.41, 5.74) is 1.24. The first-order valence-electron chi connectivity index (χ1n) is 5.48. The Kier molecular flexibility index (Phi) is 5.36. The molecule has 0 bridgehead atoms. The van der Waals surface area contributed by atoms with Gasteiger partial charge < -0.3 is 14.6 Å². The molecule has 15 heavy (non-hydrogen) atoms. The van der Waals surface area contributed by atoms with Crippen LogP contribution in [0.4, 0.5) is 0 Å². The van der Waals surface area contributed by atoms with E-state index < -0.39 is 0 Å². The van der Waals surface area contributed by atoms with E-state index in [0.717, 1.165) is 26.0 Å². The summed E-state index contributed by atoms with van der Waals surface area (Å²) < 4.78 is 7.14. The van der Waals surface area contributed by atoms with Crippen molar-refractivity contribution in [2.75, 3.05) is 20.3 Å². The van der Waals surface area contributed by atoms with E-state index in [2.05, 4.69) is 21.8 Å². The summed E-state index contributed by atoms with van der Waals surface area (Å²) in [7, 11) is 3.77. The topological polar surface area (TPSA) is 39.1 Å². The molecule has 0 saturated carbocycles. The number of nitrogens with one attached hydrogen (secondary N) is 1.